The number of carbonyl (C=O) groups is 2. The van der Waals surface area contributed by atoms with Gasteiger partial charge in [-0.2, -0.15) is 0 Å². The van der Waals surface area contributed by atoms with Crippen LogP contribution in [0.25, 0.3) is 6.08 Å². The molecule has 18 heavy (non-hydrogen) atoms. The van der Waals surface area contributed by atoms with Crippen LogP contribution < -0.4 is 5.32 Å². The van der Waals surface area contributed by atoms with E-state index in [4.69, 9.17) is 5.11 Å². The highest BCUT2D eigenvalue weighted by Crippen LogP contribution is 2.17. The zero-order valence-electron chi connectivity index (χ0n) is 10.3. The molecule has 0 unspecified atom stereocenters. The Labute approximate surface area is 110 Å². The predicted octanol–water partition coefficient (Wildman–Crippen LogP) is 2.01. The highest BCUT2D eigenvalue weighted by molar-refractivity contribution is 7.10. The molecular weight excluding hydrogens is 252 g/mol. The Bertz CT molecular complexity index is 454. The number of hydrogen-bond acceptors (Lipinski definition) is 3. The van der Waals surface area contributed by atoms with Crippen LogP contribution in [0, 0.1) is 0 Å². The molecule has 0 saturated carbocycles. The number of urea groups is 1. The largest absolute Gasteiger partial charge is 0.478 e. The number of nitrogens with one attached hydrogen (secondary N) is 1. The summed E-state index contributed by atoms with van der Waals surface area (Å²) in [6, 6.07) is 1.76. The van der Waals surface area contributed by atoms with Crippen LogP contribution in [0.5, 0.6) is 0 Å². The quantitative estimate of drug-likeness (QED) is 0.802. The van der Waals surface area contributed by atoms with E-state index < -0.39 is 5.97 Å². The van der Waals surface area contributed by atoms with Crippen molar-refractivity contribution in [2.45, 2.75) is 13.5 Å². The fourth-order valence-corrected chi connectivity index (χ4v) is 2.23. The molecule has 0 fully saturated rings. The lowest BCUT2D eigenvalue weighted by Crippen LogP contribution is -2.36. The number of rotatable bonds is 5. The molecule has 1 aromatic heterocycles. The Kier molecular flexibility index (Phi) is 5.38. The van der Waals surface area contributed by atoms with E-state index in [1.165, 1.54) is 17.4 Å². The normalized spacial score (nSPS) is 10.6. The van der Waals surface area contributed by atoms with Gasteiger partial charge in [0.05, 0.1) is 6.54 Å². The van der Waals surface area contributed by atoms with E-state index in [1.807, 2.05) is 18.4 Å². The van der Waals surface area contributed by atoms with E-state index in [0.717, 1.165) is 16.5 Å². The van der Waals surface area contributed by atoms with Crippen LogP contribution in [0.3, 0.4) is 0 Å². The standard InChI is InChI=1S/C12H16N2O3S/c1-3-13-12(17)14(2)7-10-6-9(8-18-10)4-5-11(15)16/h4-6,8H,3,7H2,1-2H3,(H,13,17)(H,15,16). The molecule has 0 aliphatic rings. The van der Waals surface area contributed by atoms with Gasteiger partial charge in [-0.3, -0.25) is 0 Å². The number of carboxylic acids is 1. The molecule has 2 N–H and O–H groups in total. The summed E-state index contributed by atoms with van der Waals surface area (Å²) in [5.74, 6) is -0.970. The summed E-state index contributed by atoms with van der Waals surface area (Å²) in [4.78, 5) is 24.5. The highest BCUT2D eigenvalue weighted by Gasteiger charge is 2.08. The molecule has 1 aromatic rings. The molecule has 0 saturated heterocycles. The van der Waals surface area contributed by atoms with Gasteiger partial charge in [-0.05, 0) is 30.0 Å². The summed E-state index contributed by atoms with van der Waals surface area (Å²) >= 11 is 1.50. The maximum absolute atomic E-state index is 11.5. The number of aliphatic carboxylic acids is 1. The van der Waals surface area contributed by atoms with Crippen LogP contribution in [-0.4, -0.2) is 35.6 Å². The lowest BCUT2D eigenvalue weighted by Gasteiger charge is -2.16. The van der Waals surface area contributed by atoms with Gasteiger partial charge >= 0.3 is 12.0 Å². The SMILES string of the molecule is CCNC(=O)N(C)Cc1cc(C=CC(=O)O)cs1. The average molecular weight is 268 g/mol. The number of thiophene rings is 1. The van der Waals surface area contributed by atoms with Gasteiger partial charge in [0.2, 0.25) is 0 Å². The lowest BCUT2D eigenvalue weighted by molar-refractivity contribution is -0.131. The average Bonchev–Trinajstić information content (AvgIpc) is 2.74. The van der Waals surface area contributed by atoms with E-state index in [2.05, 4.69) is 5.32 Å². The summed E-state index contributed by atoms with van der Waals surface area (Å²) in [5.41, 5.74) is 0.835. The fraction of sp³-hybridized carbons (Fsp3) is 0.333. The maximum atomic E-state index is 11.5. The molecule has 5 nitrogen and oxygen atoms in total. The van der Waals surface area contributed by atoms with Crippen molar-refractivity contribution in [3.63, 3.8) is 0 Å². The molecule has 0 aromatic carbocycles. The van der Waals surface area contributed by atoms with Crippen LogP contribution in [0.1, 0.15) is 17.4 Å². The van der Waals surface area contributed by atoms with Gasteiger partial charge in [-0.1, -0.05) is 0 Å². The van der Waals surface area contributed by atoms with Crippen molar-refractivity contribution in [1.29, 1.82) is 0 Å². The molecule has 0 radical (unpaired) electrons. The number of nitrogens with zero attached hydrogens (tertiary/aromatic N) is 1. The van der Waals surface area contributed by atoms with Crippen LogP contribution in [-0.2, 0) is 11.3 Å². The molecule has 0 aliphatic carbocycles. The minimum Gasteiger partial charge on any atom is -0.478 e. The molecule has 0 atom stereocenters. The Balaban J connectivity index is 2.58. The summed E-state index contributed by atoms with van der Waals surface area (Å²) in [7, 11) is 1.72. The molecule has 1 heterocycles. The van der Waals surface area contributed by atoms with Crippen molar-refractivity contribution in [3.05, 3.63) is 28.0 Å². The van der Waals surface area contributed by atoms with E-state index in [1.54, 1.807) is 11.9 Å². The van der Waals surface area contributed by atoms with E-state index in [0.29, 0.717) is 13.1 Å². The number of hydrogen-bond donors (Lipinski definition) is 2. The summed E-state index contributed by atoms with van der Waals surface area (Å²) in [5, 5.41) is 13.1. The van der Waals surface area contributed by atoms with Crippen molar-refractivity contribution in [1.82, 2.24) is 10.2 Å². The van der Waals surface area contributed by atoms with Gasteiger partial charge in [0.1, 0.15) is 0 Å². The molecule has 2 amide bonds. The third-order valence-electron chi connectivity index (χ3n) is 2.16. The second-order valence-electron chi connectivity index (χ2n) is 3.71. The van der Waals surface area contributed by atoms with Crippen molar-refractivity contribution < 1.29 is 14.7 Å². The van der Waals surface area contributed by atoms with Gasteiger partial charge in [-0.25, -0.2) is 9.59 Å². The third-order valence-corrected chi connectivity index (χ3v) is 3.10. The van der Waals surface area contributed by atoms with Gasteiger partial charge in [-0.15, -0.1) is 11.3 Å². The van der Waals surface area contributed by atoms with Gasteiger partial charge in [0.15, 0.2) is 0 Å². The first kappa shape index (κ1) is 14.2. The maximum Gasteiger partial charge on any atom is 0.328 e. The van der Waals surface area contributed by atoms with E-state index in [-0.39, 0.29) is 6.03 Å². The van der Waals surface area contributed by atoms with Crippen LogP contribution in [0.2, 0.25) is 0 Å². The van der Waals surface area contributed by atoms with Crippen LogP contribution in [0.4, 0.5) is 4.79 Å². The number of carbonyl (C=O) groups excluding carboxylic acids is 1. The molecule has 0 spiro atoms. The van der Waals surface area contributed by atoms with Crippen molar-refractivity contribution in [2.24, 2.45) is 0 Å². The number of carboxylic acid groups (broad SMARTS) is 1. The molecule has 6 heteroatoms. The topological polar surface area (TPSA) is 69.6 Å². The highest BCUT2D eigenvalue weighted by atomic mass is 32.1. The van der Waals surface area contributed by atoms with Gasteiger partial charge < -0.3 is 15.3 Å². The third kappa shape index (κ3) is 4.58. The van der Waals surface area contributed by atoms with E-state index in [9.17, 15) is 9.59 Å². The Morgan fingerprint density at radius 2 is 2.28 bits per heavy atom. The first-order valence-electron chi connectivity index (χ1n) is 5.50. The summed E-state index contributed by atoms with van der Waals surface area (Å²) < 4.78 is 0. The monoisotopic (exact) mass is 268 g/mol. The zero-order chi connectivity index (χ0) is 13.5. The molecule has 0 bridgehead atoms. The smallest absolute Gasteiger partial charge is 0.328 e. The summed E-state index contributed by atoms with van der Waals surface area (Å²) in [6.07, 6.45) is 2.63. The van der Waals surface area contributed by atoms with Crippen molar-refractivity contribution in [3.8, 4) is 0 Å². The molecule has 0 aliphatic heterocycles. The fourth-order valence-electron chi connectivity index (χ4n) is 1.33. The zero-order valence-corrected chi connectivity index (χ0v) is 11.2. The molecular formula is C12H16N2O3S. The minimum atomic E-state index is -0.970. The van der Waals surface area contributed by atoms with Crippen LogP contribution in [0.15, 0.2) is 17.5 Å². The van der Waals surface area contributed by atoms with Crippen LogP contribution >= 0.6 is 11.3 Å². The Morgan fingerprint density at radius 3 is 2.89 bits per heavy atom. The Morgan fingerprint density at radius 1 is 1.56 bits per heavy atom. The predicted molar refractivity (Wildman–Crippen MR) is 71.5 cm³/mol. The second kappa shape index (κ2) is 6.80. The van der Waals surface area contributed by atoms with Gasteiger partial charge in [0, 0.05) is 24.5 Å². The molecule has 1 rings (SSSR count). The van der Waals surface area contributed by atoms with E-state index >= 15 is 0 Å². The second-order valence-corrected chi connectivity index (χ2v) is 4.71. The summed E-state index contributed by atoms with van der Waals surface area (Å²) in [6.45, 7) is 2.98. The van der Waals surface area contributed by atoms with Crippen molar-refractivity contribution in [2.75, 3.05) is 13.6 Å². The van der Waals surface area contributed by atoms with Gasteiger partial charge in [0.25, 0.3) is 0 Å². The first-order chi connectivity index (χ1) is 8.52. The first-order valence-corrected chi connectivity index (χ1v) is 6.38. The number of amides is 2. The molecule has 98 valence electrons. The van der Waals surface area contributed by atoms with Crippen molar-refractivity contribution >= 4 is 29.4 Å². The lowest BCUT2D eigenvalue weighted by atomic mass is 10.3. The minimum absolute atomic E-state index is 0.117. The Hall–Kier alpha value is -1.82.